The molecule has 0 aliphatic heterocycles. The van der Waals surface area contributed by atoms with E-state index in [1.165, 1.54) is 17.4 Å². The highest BCUT2D eigenvalue weighted by Gasteiger charge is 2.10. The van der Waals surface area contributed by atoms with Crippen molar-refractivity contribution in [2.24, 2.45) is 0 Å². The van der Waals surface area contributed by atoms with E-state index in [0.717, 1.165) is 10.4 Å². The third-order valence-corrected chi connectivity index (χ3v) is 3.62. The number of nitro benzene ring substituents is 1. The van der Waals surface area contributed by atoms with Gasteiger partial charge in [-0.05, 0) is 25.1 Å². The summed E-state index contributed by atoms with van der Waals surface area (Å²) in [5.74, 6) is 6.00. The van der Waals surface area contributed by atoms with Gasteiger partial charge in [0.1, 0.15) is 19.0 Å². The van der Waals surface area contributed by atoms with Gasteiger partial charge in [0.2, 0.25) is 0 Å². The second kappa shape index (κ2) is 6.88. The largest absolute Gasteiger partial charge is 0.488 e. The SMILES string of the molecule is Cc1cc(OCc2cc(C#CCO)cs2)ccc1[N+](=O)[O-]. The second-order valence-corrected chi connectivity index (χ2v) is 5.25. The molecule has 2 rings (SSSR count). The monoisotopic (exact) mass is 303 g/mol. The van der Waals surface area contributed by atoms with Crippen molar-refractivity contribution >= 4 is 17.0 Å². The van der Waals surface area contributed by atoms with Gasteiger partial charge in [-0.1, -0.05) is 11.8 Å². The molecule has 0 amide bonds. The molecule has 0 spiro atoms. The third-order valence-electron chi connectivity index (χ3n) is 2.71. The third kappa shape index (κ3) is 4.05. The molecule has 0 aliphatic rings. The lowest BCUT2D eigenvalue weighted by atomic mass is 10.2. The van der Waals surface area contributed by atoms with Crippen molar-refractivity contribution in [3.8, 4) is 17.6 Å². The highest BCUT2D eigenvalue weighted by molar-refractivity contribution is 7.10. The van der Waals surface area contributed by atoms with Crippen molar-refractivity contribution in [2.75, 3.05) is 6.61 Å². The van der Waals surface area contributed by atoms with Gasteiger partial charge < -0.3 is 9.84 Å². The minimum Gasteiger partial charge on any atom is -0.488 e. The zero-order chi connectivity index (χ0) is 15.2. The van der Waals surface area contributed by atoms with Crippen molar-refractivity contribution < 1.29 is 14.8 Å². The molecule has 1 heterocycles. The van der Waals surface area contributed by atoms with Crippen LogP contribution in [0, 0.1) is 28.9 Å². The van der Waals surface area contributed by atoms with E-state index in [9.17, 15) is 10.1 Å². The maximum absolute atomic E-state index is 10.7. The number of aliphatic hydroxyl groups is 1. The number of benzene rings is 1. The van der Waals surface area contributed by atoms with Gasteiger partial charge in [0, 0.05) is 27.5 Å². The normalized spacial score (nSPS) is 9.81. The van der Waals surface area contributed by atoms with E-state index in [0.29, 0.717) is 17.9 Å². The minimum absolute atomic E-state index is 0.0834. The van der Waals surface area contributed by atoms with Crippen LogP contribution in [0.3, 0.4) is 0 Å². The molecule has 0 saturated carbocycles. The molecule has 1 N–H and O–H groups in total. The van der Waals surface area contributed by atoms with E-state index >= 15 is 0 Å². The van der Waals surface area contributed by atoms with Crippen LogP contribution in [0.2, 0.25) is 0 Å². The van der Waals surface area contributed by atoms with Crippen LogP contribution in [0.15, 0.2) is 29.6 Å². The Morgan fingerprint density at radius 1 is 1.43 bits per heavy atom. The smallest absolute Gasteiger partial charge is 0.272 e. The Hall–Kier alpha value is -2.36. The van der Waals surface area contributed by atoms with Crippen LogP contribution in [0.5, 0.6) is 5.75 Å². The molecular weight excluding hydrogens is 290 g/mol. The zero-order valence-corrected chi connectivity index (χ0v) is 12.1. The number of nitro groups is 1. The first-order chi connectivity index (χ1) is 10.1. The number of aliphatic hydroxyl groups excluding tert-OH is 1. The first kappa shape index (κ1) is 15.0. The lowest BCUT2D eigenvalue weighted by Gasteiger charge is -2.05. The van der Waals surface area contributed by atoms with E-state index in [2.05, 4.69) is 11.8 Å². The second-order valence-electron chi connectivity index (χ2n) is 4.26. The average Bonchev–Trinajstić information content (AvgIpc) is 2.90. The molecule has 0 fully saturated rings. The summed E-state index contributed by atoms with van der Waals surface area (Å²) in [6.07, 6.45) is 0. The molecule has 0 radical (unpaired) electrons. The Labute approximate surface area is 126 Å². The fraction of sp³-hybridized carbons (Fsp3) is 0.200. The predicted octanol–water partition coefficient (Wildman–Crippen LogP) is 2.89. The first-order valence-electron chi connectivity index (χ1n) is 6.15. The number of ether oxygens (including phenoxy) is 1. The number of nitrogens with zero attached hydrogens (tertiary/aromatic N) is 1. The zero-order valence-electron chi connectivity index (χ0n) is 11.3. The van der Waals surface area contributed by atoms with E-state index in [4.69, 9.17) is 9.84 Å². The highest BCUT2D eigenvalue weighted by atomic mass is 32.1. The Balaban J connectivity index is 2.01. The maximum atomic E-state index is 10.7. The van der Waals surface area contributed by atoms with Crippen LogP contribution in [0.25, 0.3) is 0 Å². The molecular formula is C15H13NO4S. The number of thiophene rings is 1. The van der Waals surface area contributed by atoms with Crippen molar-refractivity contribution in [1.82, 2.24) is 0 Å². The van der Waals surface area contributed by atoms with Crippen LogP contribution < -0.4 is 4.74 Å². The topological polar surface area (TPSA) is 72.6 Å². The molecule has 6 heteroatoms. The fourth-order valence-corrected chi connectivity index (χ4v) is 2.47. The van der Waals surface area contributed by atoms with Gasteiger partial charge in [-0.25, -0.2) is 0 Å². The first-order valence-corrected chi connectivity index (χ1v) is 7.03. The Kier molecular flexibility index (Phi) is 4.93. The van der Waals surface area contributed by atoms with Crippen LogP contribution >= 0.6 is 11.3 Å². The Bertz CT molecular complexity index is 712. The summed E-state index contributed by atoms with van der Waals surface area (Å²) in [4.78, 5) is 11.3. The van der Waals surface area contributed by atoms with E-state index in [1.54, 1.807) is 19.1 Å². The van der Waals surface area contributed by atoms with Gasteiger partial charge in [-0.2, -0.15) is 0 Å². The maximum Gasteiger partial charge on any atom is 0.272 e. The van der Waals surface area contributed by atoms with Gasteiger partial charge in [0.15, 0.2) is 0 Å². The predicted molar refractivity (Wildman–Crippen MR) is 80.4 cm³/mol. The van der Waals surface area contributed by atoms with Crippen molar-refractivity contribution in [1.29, 1.82) is 0 Å². The van der Waals surface area contributed by atoms with E-state index in [1.807, 2.05) is 11.4 Å². The van der Waals surface area contributed by atoms with Gasteiger partial charge in [-0.15, -0.1) is 11.3 Å². The van der Waals surface area contributed by atoms with E-state index < -0.39 is 4.92 Å². The number of aryl methyl sites for hydroxylation is 1. The number of hydrogen-bond acceptors (Lipinski definition) is 5. The van der Waals surface area contributed by atoms with Gasteiger partial charge in [-0.3, -0.25) is 10.1 Å². The molecule has 1 aromatic heterocycles. The summed E-state index contributed by atoms with van der Waals surface area (Å²) >= 11 is 1.51. The molecule has 0 saturated heterocycles. The average molecular weight is 303 g/mol. The lowest BCUT2D eigenvalue weighted by molar-refractivity contribution is -0.385. The number of rotatable bonds is 4. The molecule has 5 nitrogen and oxygen atoms in total. The molecule has 0 atom stereocenters. The molecule has 0 unspecified atom stereocenters. The summed E-state index contributed by atoms with van der Waals surface area (Å²) in [6.45, 7) is 1.89. The van der Waals surface area contributed by atoms with Gasteiger partial charge >= 0.3 is 0 Å². The Morgan fingerprint density at radius 3 is 2.90 bits per heavy atom. The fourth-order valence-electron chi connectivity index (χ4n) is 1.74. The summed E-state index contributed by atoms with van der Waals surface area (Å²) in [5, 5.41) is 21.3. The standard InChI is InChI=1S/C15H13NO4S/c1-11-7-13(4-5-15(11)16(18)19)20-9-14-8-12(10-21-14)3-2-6-17/h4-5,7-8,10,17H,6,9H2,1H3. The van der Waals surface area contributed by atoms with Crippen molar-refractivity contribution in [3.63, 3.8) is 0 Å². The minimum atomic E-state index is -0.412. The summed E-state index contributed by atoms with van der Waals surface area (Å²) in [7, 11) is 0. The molecule has 2 aromatic rings. The Morgan fingerprint density at radius 2 is 2.24 bits per heavy atom. The summed E-state index contributed by atoms with van der Waals surface area (Å²) < 4.78 is 5.62. The van der Waals surface area contributed by atoms with Crippen LogP contribution in [0.1, 0.15) is 16.0 Å². The molecule has 0 bridgehead atoms. The van der Waals surface area contributed by atoms with Crippen LogP contribution in [0.4, 0.5) is 5.69 Å². The van der Waals surface area contributed by atoms with Gasteiger partial charge in [0.05, 0.1) is 4.92 Å². The van der Waals surface area contributed by atoms with Crippen LogP contribution in [-0.2, 0) is 6.61 Å². The summed E-state index contributed by atoms with van der Waals surface area (Å²) in [5.41, 5.74) is 1.49. The summed E-state index contributed by atoms with van der Waals surface area (Å²) in [6, 6.07) is 6.58. The van der Waals surface area contributed by atoms with Crippen molar-refractivity contribution in [3.05, 3.63) is 55.8 Å². The lowest BCUT2D eigenvalue weighted by Crippen LogP contribution is -1.95. The van der Waals surface area contributed by atoms with Gasteiger partial charge in [0.25, 0.3) is 5.69 Å². The van der Waals surface area contributed by atoms with Crippen LogP contribution in [-0.4, -0.2) is 16.6 Å². The highest BCUT2D eigenvalue weighted by Crippen LogP contribution is 2.24. The molecule has 21 heavy (non-hydrogen) atoms. The molecule has 0 aliphatic carbocycles. The molecule has 108 valence electrons. The van der Waals surface area contributed by atoms with E-state index in [-0.39, 0.29) is 12.3 Å². The van der Waals surface area contributed by atoms with Crippen molar-refractivity contribution in [2.45, 2.75) is 13.5 Å². The quantitative estimate of drug-likeness (QED) is 0.535. The molecule has 1 aromatic carbocycles. The number of hydrogen-bond donors (Lipinski definition) is 1.